The molecule has 5 atom stereocenters. The Hall–Kier alpha value is -1.26. The van der Waals surface area contributed by atoms with Gasteiger partial charge in [-0.05, 0) is 55.1 Å². The summed E-state index contributed by atoms with van der Waals surface area (Å²) >= 11 is 6.51. The zero-order chi connectivity index (χ0) is 20.1. The van der Waals surface area contributed by atoms with Crippen molar-refractivity contribution in [2.45, 2.75) is 78.0 Å². The van der Waals surface area contributed by atoms with Gasteiger partial charge in [-0.15, -0.1) is 0 Å². The highest BCUT2D eigenvalue weighted by molar-refractivity contribution is 6.34. The molecule has 0 aromatic heterocycles. The molecule has 0 radical (unpaired) electrons. The number of aliphatic hydroxyl groups excluding tert-OH is 1. The predicted molar refractivity (Wildman–Crippen MR) is 109 cm³/mol. The summed E-state index contributed by atoms with van der Waals surface area (Å²) in [4.78, 5) is 12.3. The highest BCUT2D eigenvalue weighted by Gasteiger charge is 2.67. The largest absolute Gasteiger partial charge is 0.486 e. The van der Waals surface area contributed by atoms with Crippen molar-refractivity contribution in [3.05, 3.63) is 27.8 Å². The van der Waals surface area contributed by atoms with Crippen LogP contribution in [0.1, 0.15) is 74.9 Å². The lowest BCUT2D eigenvalue weighted by molar-refractivity contribution is -0.233. The van der Waals surface area contributed by atoms with E-state index in [1.165, 1.54) is 0 Å². The van der Waals surface area contributed by atoms with Gasteiger partial charge >= 0.3 is 0 Å². The lowest BCUT2D eigenvalue weighted by Crippen LogP contribution is -2.70. The zero-order valence-corrected chi connectivity index (χ0v) is 17.9. The SMILES string of the molecule is C[C@H]1CC[C@H]2C(C)(C)[C@H](O)CC[C@]23Oc2c(cc(Cl)c4c2CNC4=O)C[C@]13C. The third kappa shape index (κ3) is 2.09. The Morgan fingerprint density at radius 2 is 2.00 bits per heavy atom. The topological polar surface area (TPSA) is 58.6 Å². The monoisotopic (exact) mass is 403 g/mol. The van der Waals surface area contributed by atoms with Crippen molar-refractivity contribution in [3.63, 3.8) is 0 Å². The standard InChI is InChI=1S/C23H30ClNO3/c1-12-5-6-16-21(2,3)17(26)7-8-23(16)22(12,4)10-13-9-15(24)18-14(19(13)28-23)11-25-20(18)27/h9,12,16-17,26H,5-8,10-11H2,1-4H3,(H,25,27)/t12-,16-,17+,22+,23-/m0/s1. The van der Waals surface area contributed by atoms with E-state index in [0.29, 0.717) is 23.0 Å². The van der Waals surface area contributed by atoms with Gasteiger partial charge in [-0.3, -0.25) is 4.79 Å². The Balaban J connectivity index is 1.72. The van der Waals surface area contributed by atoms with Gasteiger partial charge in [-0.1, -0.05) is 39.3 Å². The number of carbonyl (C=O) groups excluding carboxylic acids is 1. The predicted octanol–water partition coefficient (Wildman–Crippen LogP) is 4.49. The van der Waals surface area contributed by atoms with E-state index in [2.05, 4.69) is 33.0 Å². The molecule has 2 aliphatic carbocycles. The van der Waals surface area contributed by atoms with Crippen LogP contribution < -0.4 is 10.1 Å². The molecule has 2 fully saturated rings. The summed E-state index contributed by atoms with van der Waals surface area (Å²) in [6.07, 6.45) is 4.45. The van der Waals surface area contributed by atoms with E-state index in [1.54, 1.807) is 0 Å². The highest BCUT2D eigenvalue weighted by atomic mass is 35.5. The smallest absolute Gasteiger partial charge is 0.253 e. The third-order valence-corrected chi connectivity index (χ3v) is 9.25. The van der Waals surface area contributed by atoms with E-state index in [1.807, 2.05) is 6.07 Å². The second-order valence-corrected chi connectivity index (χ2v) is 10.8. The molecular formula is C23H30ClNO3. The van der Waals surface area contributed by atoms with Crippen LogP contribution in [0.25, 0.3) is 0 Å². The van der Waals surface area contributed by atoms with Gasteiger partial charge in [0.15, 0.2) is 0 Å². The molecule has 28 heavy (non-hydrogen) atoms. The third-order valence-electron chi connectivity index (χ3n) is 8.95. The molecule has 0 bridgehead atoms. The van der Waals surface area contributed by atoms with Crippen molar-refractivity contribution in [3.8, 4) is 5.75 Å². The first-order chi connectivity index (χ1) is 13.1. The molecule has 152 valence electrons. The van der Waals surface area contributed by atoms with E-state index in [-0.39, 0.29) is 34.4 Å². The first-order valence-electron chi connectivity index (χ1n) is 10.6. The van der Waals surface area contributed by atoms with Crippen LogP contribution in [0.3, 0.4) is 0 Å². The summed E-state index contributed by atoms with van der Waals surface area (Å²) in [6, 6.07) is 1.96. The molecule has 5 heteroatoms. The Morgan fingerprint density at radius 1 is 1.25 bits per heavy atom. The summed E-state index contributed by atoms with van der Waals surface area (Å²) < 4.78 is 7.07. The maximum Gasteiger partial charge on any atom is 0.253 e. The lowest BCUT2D eigenvalue weighted by Gasteiger charge is -2.67. The number of hydrogen-bond donors (Lipinski definition) is 2. The molecule has 2 saturated carbocycles. The number of aliphatic hydroxyl groups is 1. The molecular weight excluding hydrogens is 374 g/mol. The van der Waals surface area contributed by atoms with E-state index in [0.717, 1.165) is 49.0 Å². The fourth-order valence-corrected chi connectivity index (χ4v) is 7.32. The summed E-state index contributed by atoms with van der Waals surface area (Å²) in [5, 5.41) is 14.3. The molecule has 1 spiro atoms. The van der Waals surface area contributed by atoms with E-state index >= 15 is 0 Å². The fraction of sp³-hybridized carbons (Fsp3) is 0.696. The van der Waals surface area contributed by atoms with Crippen LogP contribution in [0.2, 0.25) is 5.02 Å². The average Bonchev–Trinajstić information content (AvgIpc) is 3.01. The first-order valence-corrected chi connectivity index (χ1v) is 11.0. The Morgan fingerprint density at radius 3 is 2.75 bits per heavy atom. The van der Waals surface area contributed by atoms with Gasteiger partial charge in [-0.2, -0.15) is 0 Å². The van der Waals surface area contributed by atoms with Crippen molar-refractivity contribution in [2.24, 2.45) is 22.7 Å². The molecule has 0 unspecified atom stereocenters. The Kier molecular flexibility index (Phi) is 3.79. The number of rotatable bonds is 0. The second kappa shape index (κ2) is 5.66. The van der Waals surface area contributed by atoms with Gasteiger partial charge in [0.25, 0.3) is 5.91 Å². The first kappa shape index (κ1) is 18.7. The number of carbonyl (C=O) groups is 1. The highest BCUT2D eigenvalue weighted by Crippen LogP contribution is 2.66. The van der Waals surface area contributed by atoms with Crippen LogP contribution in [0, 0.1) is 22.7 Å². The summed E-state index contributed by atoms with van der Waals surface area (Å²) in [5.74, 6) is 1.58. The quantitative estimate of drug-likeness (QED) is 0.670. The van der Waals surface area contributed by atoms with Crippen LogP contribution in [0.15, 0.2) is 6.07 Å². The summed E-state index contributed by atoms with van der Waals surface area (Å²) in [5.41, 5.74) is 2.10. The normalized spacial score (nSPS) is 40.5. The molecule has 2 aliphatic heterocycles. The maximum absolute atomic E-state index is 12.3. The van der Waals surface area contributed by atoms with Gasteiger partial charge in [0.05, 0.1) is 16.7 Å². The summed E-state index contributed by atoms with van der Waals surface area (Å²) in [6.45, 7) is 9.62. The molecule has 2 heterocycles. The van der Waals surface area contributed by atoms with Crippen molar-refractivity contribution in [2.75, 3.05) is 0 Å². The lowest BCUT2D eigenvalue weighted by atomic mass is 9.43. The van der Waals surface area contributed by atoms with Crippen molar-refractivity contribution < 1.29 is 14.6 Å². The van der Waals surface area contributed by atoms with E-state index < -0.39 is 0 Å². The number of fused-ring (bicyclic) bond motifs is 3. The van der Waals surface area contributed by atoms with Gasteiger partial charge in [-0.25, -0.2) is 0 Å². The molecule has 0 saturated heterocycles. The second-order valence-electron chi connectivity index (χ2n) is 10.4. The number of nitrogens with one attached hydrogen (secondary N) is 1. The molecule has 1 aromatic rings. The average molecular weight is 404 g/mol. The number of benzene rings is 1. The molecule has 1 aromatic carbocycles. The minimum absolute atomic E-state index is 0.0199. The van der Waals surface area contributed by atoms with Gasteiger partial charge < -0.3 is 15.2 Å². The van der Waals surface area contributed by atoms with Crippen molar-refractivity contribution in [1.82, 2.24) is 5.32 Å². The number of halogens is 1. The molecule has 5 rings (SSSR count). The minimum Gasteiger partial charge on any atom is -0.486 e. The van der Waals surface area contributed by atoms with Gasteiger partial charge in [0.1, 0.15) is 11.4 Å². The van der Waals surface area contributed by atoms with E-state index in [4.69, 9.17) is 16.3 Å². The van der Waals surface area contributed by atoms with E-state index in [9.17, 15) is 9.90 Å². The Labute approximate surface area is 172 Å². The maximum atomic E-state index is 12.3. The number of amides is 1. The Bertz CT molecular complexity index is 881. The van der Waals surface area contributed by atoms with Crippen LogP contribution in [0.4, 0.5) is 0 Å². The fourth-order valence-electron chi connectivity index (χ4n) is 6.98. The molecule has 2 N–H and O–H groups in total. The summed E-state index contributed by atoms with van der Waals surface area (Å²) in [7, 11) is 0. The van der Waals surface area contributed by atoms with Crippen molar-refractivity contribution in [1.29, 1.82) is 0 Å². The molecule has 4 nitrogen and oxygen atoms in total. The van der Waals surface area contributed by atoms with Crippen LogP contribution in [-0.4, -0.2) is 22.7 Å². The van der Waals surface area contributed by atoms with Crippen LogP contribution in [-0.2, 0) is 13.0 Å². The number of hydrogen-bond acceptors (Lipinski definition) is 3. The van der Waals surface area contributed by atoms with Crippen LogP contribution in [0.5, 0.6) is 5.75 Å². The molecule has 4 aliphatic rings. The number of ether oxygens (including phenoxy) is 1. The van der Waals surface area contributed by atoms with Crippen LogP contribution >= 0.6 is 11.6 Å². The van der Waals surface area contributed by atoms with Gasteiger partial charge in [0.2, 0.25) is 0 Å². The van der Waals surface area contributed by atoms with Gasteiger partial charge in [0, 0.05) is 23.4 Å². The van der Waals surface area contributed by atoms with Crippen molar-refractivity contribution >= 4 is 17.5 Å². The zero-order valence-electron chi connectivity index (χ0n) is 17.2. The minimum atomic E-state index is -0.312. The molecule has 1 amide bonds.